The third-order valence-corrected chi connectivity index (χ3v) is 6.18. The topological polar surface area (TPSA) is 56.1 Å². The van der Waals surface area contributed by atoms with Gasteiger partial charge in [0, 0.05) is 0 Å². The fourth-order valence-electron chi connectivity index (χ4n) is 4.48. The van der Waals surface area contributed by atoms with Crippen molar-refractivity contribution >= 4 is 27.7 Å². The molecule has 5 aromatic rings. The van der Waals surface area contributed by atoms with Gasteiger partial charge in [-0.15, -0.1) is 0 Å². The molecule has 0 bridgehead atoms. The number of imidazole rings is 1. The van der Waals surface area contributed by atoms with Crippen LogP contribution >= 0.6 is 0 Å². The number of para-hydroxylation sites is 2. The maximum Gasteiger partial charge on any atom is 0.224 e. The normalized spacial score (nSPS) is 12.1. The van der Waals surface area contributed by atoms with Crippen LogP contribution in [0.1, 0.15) is 29.9 Å². The molecule has 0 aliphatic carbocycles. The Bertz CT molecular complexity index is 1450. The molecule has 1 amide bonds. The third kappa shape index (κ3) is 4.37. The monoisotopic (exact) mass is 449 g/mol. The van der Waals surface area contributed by atoms with E-state index in [9.17, 15) is 4.79 Å². The Kier molecular flexibility index (Phi) is 6.00. The van der Waals surface area contributed by atoms with Gasteiger partial charge in [-0.05, 0) is 53.1 Å². The minimum absolute atomic E-state index is 0.0403. The molecule has 0 radical (unpaired) electrons. The molecule has 1 atom stereocenters. The van der Waals surface area contributed by atoms with Crippen LogP contribution in [0, 0.1) is 0 Å². The van der Waals surface area contributed by atoms with Gasteiger partial charge in [-0.1, -0.05) is 66.7 Å². The number of aromatic nitrogens is 2. The average Bonchev–Trinajstić information content (AvgIpc) is 3.23. The Morgan fingerprint density at radius 1 is 0.941 bits per heavy atom. The fraction of sp³-hybridized carbons (Fsp3) is 0.172. The van der Waals surface area contributed by atoms with Gasteiger partial charge in [-0.3, -0.25) is 4.79 Å². The summed E-state index contributed by atoms with van der Waals surface area (Å²) in [5.41, 5.74) is 4.14. The summed E-state index contributed by atoms with van der Waals surface area (Å²) in [4.78, 5) is 17.7. The van der Waals surface area contributed by atoms with E-state index < -0.39 is 0 Å². The van der Waals surface area contributed by atoms with E-state index in [0.717, 1.165) is 28.2 Å². The zero-order valence-corrected chi connectivity index (χ0v) is 19.4. The van der Waals surface area contributed by atoms with Crippen molar-refractivity contribution in [2.45, 2.75) is 25.9 Å². The van der Waals surface area contributed by atoms with Crippen molar-refractivity contribution < 1.29 is 9.53 Å². The Morgan fingerprint density at radius 2 is 1.68 bits per heavy atom. The molecule has 34 heavy (non-hydrogen) atoms. The predicted octanol–water partition coefficient (Wildman–Crippen LogP) is 5.67. The molecule has 170 valence electrons. The number of carbonyl (C=O) groups excluding carboxylic acids is 1. The molecule has 1 N–H and O–H groups in total. The van der Waals surface area contributed by atoms with E-state index in [2.05, 4.69) is 58.4 Å². The molecule has 5 rings (SSSR count). The second-order valence-electron chi connectivity index (χ2n) is 8.50. The van der Waals surface area contributed by atoms with E-state index in [1.165, 1.54) is 16.3 Å². The maximum absolute atomic E-state index is 12.8. The second-order valence-corrected chi connectivity index (χ2v) is 8.50. The summed E-state index contributed by atoms with van der Waals surface area (Å²) >= 11 is 0. The third-order valence-electron chi connectivity index (χ3n) is 6.18. The SMILES string of the molecule is COc1ccc(CC(=O)NC(C)c2nc3ccccc3n2Cc2cccc3ccccc23)cc1. The van der Waals surface area contributed by atoms with Crippen molar-refractivity contribution in [3.63, 3.8) is 0 Å². The van der Waals surface area contributed by atoms with Crippen molar-refractivity contribution in [1.82, 2.24) is 14.9 Å². The minimum atomic E-state index is -0.242. The van der Waals surface area contributed by atoms with Crippen LogP contribution in [-0.2, 0) is 17.8 Å². The van der Waals surface area contributed by atoms with Gasteiger partial charge in [0.1, 0.15) is 11.6 Å². The quantitative estimate of drug-likeness (QED) is 0.348. The van der Waals surface area contributed by atoms with Gasteiger partial charge in [-0.25, -0.2) is 4.98 Å². The largest absolute Gasteiger partial charge is 0.497 e. The Hall–Kier alpha value is -4.12. The fourth-order valence-corrected chi connectivity index (χ4v) is 4.48. The van der Waals surface area contributed by atoms with Crippen molar-refractivity contribution in [2.24, 2.45) is 0 Å². The Balaban J connectivity index is 1.43. The van der Waals surface area contributed by atoms with Crippen LogP contribution in [0.5, 0.6) is 5.75 Å². The van der Waals surface area contributed by atoms with Crippen molar-refractivity contribution in [1.29, 1.82) is 0 Å². The van der Waals surface area contributed by atoms with Crippen LogP contribution in [0.15, 0.2) is 91.0 Å². The average molecular weight is 450 g/mol. The van der Waals surface area contributed by atoms with E-state index in [4.69, 9.17) is 9.72 Å². The number of carbonyl (C=O) groups is 1. The van der Waals surface area contributed by atoms with Crippen LogP contribution in [0.2, 0.25) is 0 Å². The predicted molar refractivity (Wildman–Crippen MR) is 136 cm³/mol. The highest BCUT2D eigenvalue weighted by atomic mass is 16.5. The highest BCUT2D eigenvalue weighted by Crippen LogP contribution is 2.25. The lowest BCUT2D eigenvalue weighted by molar-refractivity contribution is -0.121. The number of hydrogen-bond acceptors (Lipinski definition) is 3. The summed E-state index contributed by atoms with van der Waals surface area (Å²) in [5.74, 6) is 1.58. The molecule has 5 heteroatoms. The van der Waals surface area contributed by atoms with Gasteiger partial charge in [0.2, 0.25) is 5.91 Å². The van der Waals surface area contributed by atoms with Crippen LogP contribution in [0.4, 0.5) is 0 Å². The van der Waals surface area contributed by atoms with Gasteiger partial charge in [-0.2, -0.15) is 0 Å². The van der Waals surface area contributed by atoms with Crippen LogP contribution in [0.3, 0.4) is 0 Å². The minimum Gasteiger partial charge on any atom is -0.497 e. The van der Waals surface area contributed by atoms with Gasteiger partial charge >= 0.3 is 0 Å². The maximum atomic E-state index is 12.8. The van der Waals surface area contributed by atoms with E-state index in [0.29, 0.717) is 13.0 Å². The number of nitrogens with one attached hydrogen (secondary N) is 1. The van der Waals surface area contributed by atoms with Crippen LogP contribution in [0.25, 0.3) is 21.8 Å². The number of hydrogen-bond donors (Lipinski definition) is 1. The van der Waals surface area contributed by atoms with E-state index in [-0.39, 0.29) is 11.9 Å². The molecule has 0 aliphatic heterocycles. The molecule has 0 aliphatic rings. The van der Waals surface area contributed by atoms with E-state index in [1.54, 1.807) is 7.11 Å². The smallest absolute Gasteiger partial charge is 0.224 e. The summed E-state index contributed by atoms with van der Waals surface area (Å²) in [7, 11) is 1.63. The molecule has 1 unspecified atom stereocenters. The molecule has 0 saturated carbocycles. The van der Waals surface area contributed by atoms with Gasteiger partial charge in [0.15, 0.2) is 0 Å². The highest BCUT2D eigenvalue weighted by molar-refractivity contribution is 5.86. The summed E-state index contributed by atoms with van der Waals surface area (Å²) in [5, 5.41) is 5.59. The van der Waals surface area contributed by atoms with E-state index in [1.807, 2.05) is 49.4 Å². The van der Waals surface area contributed by atoms with Gasteiger partial charge < -0.3 is 14.6 Å². The Morgan fingerprint density at radius 3 is 2.50 bits per heavy atom. The molecule has 1 aromatic heterocycles. The van der Waals surface area contributed by atoms with Crippen molar-refractivity contribution in [3.05, 3.63) is 108 Å². The number of nitrogens with zero attached hydrogens (tertiary/aromatic N) is 2. The molecule has 0 fully saturated rings. The first-order valence-electron chi connectivity index (χ1n) is 11.5. The molecular weight excluding hydrogens is 422 g/mol. The molecule has 4 aromatic carbocycles. The van der Waals surface area contributed by atoms with Crippen LogP contribution in [-0.4, -0.2) is 22.6 Å². The van der Waals surface area contributed by atoms with Crippen molar-refractivity contribution in [3.8, 4) is 5.75 Å². The first-order valence-corrected chi connectivity index (χ1v) is 11.5. The zero-order valence-electron chi connectivity index (χ0n) is 19.4. The number of benzene rings is 4. The molecule has 0 saturated heterocycles. The number of fused-ring (bicyclic) bond motifs is 2. The lowest BCUT2D eigenvalue weighted by atomic mass is 10.0. The second kappa shape index (κ2) is 9.40. The molecule has 0 spiro atoms. The number of methoxy groups -OCH3 is 1. The van der Waals surface area contributed by atoms with E-state index >= 15 is 0 Å². The first kappa shape index (κ1) is 21.7. The summed E-state index contributed by atoms with van der Waals surface area (Å²) in [6, 6.07) is 30.3. The van der Waals surface area contributed by atoms with Crippen molar-refractivity contribution in [2.75, 3.05) is 7.11 Å². The standard InChI is InChI=1S/C29H27N3O2/c1-20(30-28(33)18-21-14-16-24(34-2)17-15-21)29-31-26-12-5-6-13-27(26)32(29)19-23-10-7-9-22-8-3-4-11-25(22)23/h3-17,20H,18-19H2,1-2H3,(H,30,33). The lowest BCUT2D eigenvalue weighted by Gasteiger charge is -2.17. The van der Waals surface area contributed by atoms with Gasteiger partial charge in [0.25, 0.3) is 0 Å². The number of ether oxygens (including phenoxy) is 1. The summed E-state index contributed by atoms with van der Waals surface area (Å²) in [6.07, 6.45) is 0.303. The number of rotatable bonds is 7. The molecule has 5 nitrogen and oxygen atoms in total. The van der Waals surface area contributed by atoms with Gasteiger partial charge in [0.05, 0.1) is 37.2 Å². The first-order chi connectivity index (χ1) is 16.6. The van der Waals surface area contributed by atoms with Crippen LogP contribution < -0.4 is 10.1 Å². The lowest BCUT2D eigenvalue weighted by Crippen LogP contribution is -2.30. The molecule has 1 heterocycles. The molecular formula is C29H27N3O2. The number of amides is 1. The Labute approximate surface area is 199 Å². The summed E-state index contributed by atoms with van der Waals surface area (Å²) in [6.45, 7) is 2.67. The zero-order chi connectivity index (χ0) is 23.5. The summed E-state index contributed by atoms with van der Waals surface area (Å²) < 4.78 is 7.42. The highest BCUT2D eigenvalue weighted by Gasteiger charge is 2.19.